The Balaban J connectivity index is 2.60. The first-order valence-electron chi connectivity index (χ1n) is 7.49. The Hall–Kier alpha value is -1.30. The molecule has 0 radical (unpaired) electrons. The maximum absolute atomic E-state index is 12.0. The van der Waals surface area contributed by atoms with Crippen molar-refractivity contribution in [2.24, 2.45) is 5.41 Å². The number of carbonyl (C=O) groups is 2. The van der Waals surface area contributed by atoms with Gasteiger partial charge in [-0.2, -0.15) is 0 Å². The van der Waals surface area contributed by atoms with E-state index in [2.05, 4.69) is 0 Å². The molecular weight excluding hydrogens is 274 g/mol. The molecule has 1 aliphatic rings. The monoisotopic (exact) mass is 301 g/mol. The number of carboxylic acids is 1. The van der Waals surface area contributed by atoms with Gasteiger partial charge in [0.15, 0.2) is 0 Å². The van der Waals surface area contributed by atoms with Crippen molar-refractivity contribution in [3.8, 4) is 0 Å². The summed E-state index contributed by atoms with van der Waals surface area (Å²) in [6, 6.07) is 0. The van der Waals surface area contributed by atoms with Crippen LogP contribution in [-0.2, 0) is 14.3 Å². The lowest BCUT2D eigenvalue weighted by Crippen LogP contribution is -2.39. The molecule has 1 unspecified atom stereocenters. The highest BCUT2D eigenvalue weighted by atomic mass is 16.6. The number of hydrogen-bond acceptors (Lipinski definition) is 4. The Labute approximate surface area is 126 Å². The highest BCUT2D eigenvalue weighted by Crippen LogP contribution is 2.36. The highest BCUT2D eigenvalue weighted by molar-refractivity contribution is 5.78. The van der Waals surface area contributed by atoms with Gasteiger partial charge in [0.05, 0.1) is 5.41 Å². The van der Waals surface area contributed by atoms with E-state index in [-0.39, 0.29) is 6.54 Å². The van der Waals surface area contributed by atoms with Gasteiger partial charge in [0.1, 0.15) is 5.60 Å². The van der Waals surface area contributed by atoms with Crippen LogP contribution < -0.4 is 0 Å². The average Bonchev–Trinajstić information content (AvgIpc) is 2.78. The van der Waals surface area contributed by atoms with Crippen molar-refractivity contribution in [2.75, 3.05) is 26.3 Å². The molecule has 0 saturated carbocycles. The van der Waals surface area contributed by atoms with Crippen LogP contribution in [0.1, 0.15) is 47.0 Å². The lowest BCUT2D eigenvalue weighted by Gasteiger charge is -2.27. The Morgan fingerprint density at radius 3 is 2.52 bits per heavy atom. The fraction of sp³-hybridized carbons (Fsp3) is 0.867. The number of nitrogens with zero attached hydrogens (tertiary/aromatic N) is 1. The van der Waals surface area contributed by atoms with Gasteiger partial charge < -0.3 is 19.5 Å². The predicted molar refractivity (Wildman–Crippen MR) is 78.2 cm³/mol. The van der Waals surface area contributed by atoms with Gasteiger partial charge in [-0.25, -0.2) is 4.79 Å². The molecule has 0 aromatic carbocycles. The summed E-state index contributed by atoms with van der Waals surface area (Å²) in [7, 11) is 0. The average molecular weight is 301 g/mol. The van der Waals surface area contributed by atoms with Crippen molar-refractivity contribution in [2.45, 2.75) is 52.6 Å². The van der Waals surface area contributed by atoms with Gasteiger partial charge in [-0.1, -0.05) is 0 Å². The first kappa shape index (κ1) is 17.8. The maximum atomic E-state index is 12.0. The highest BCUT2D eigenvalue weighted by Gasteiger charge is 2.46. The summed E-state index contributed by atoms with van der Waals surface area (Å²) in [4.78, 5) is 25.2. The largest absolute Gasteiger partial charge is 0.481 e. The topological polar surface area (TPSA) is 76.1 Å². The van der Waals surface area contributed by atoms with Crippen molar-refractivity contribution in [1.82, 2.24) is 4.90 Å². The molecule has 6 nitrogen and oxygen atoms in total. The van der Waals surface area contributed by atoms with E-state index >= 15 is 0 Å². The molecule has 0 aromatic rings. The summed E-state index contributed by atoms with van der Waals surface area (Å²) in [5, 5.41) is 9.53. The number of aliphatic carboxylic acids is 1. The Kier molecular flexibility index (Phi) is 6.01. The second-order valence-electron chi connectivity index (χ2n) is 6.54. The van der Waals surface area contributed by atoms with Crippen LogP contribution in [-0.4, -0.2) is 54.0 Å². The second-order valence-corrected chi connectivity index (χ2v) is 6.54. The Bertz CT molecular complexity index is 377. The maximum Gasteiger partial charge on any atom is 0.410 e. The minimum atomic E-state index is -0.867. The summed E-state index contributed by atoms with van der Waals surface area (Å²) in [6.45, 7) is 9.13. The van der Waals surface area contributed by atoms with Gasteiger partial charge >= 0.3 is 12.1 Å². The number of carbonyl (C=O) groups excluding carboxylic acids is 1. The fourth-order valence-corrected chi connectivity index (χ4v) is 2.50. The molecule has 1 fully saturated rings. The van der Waals surface area contributed by atoms with Crippen LogP contribution in [0.15, 0.2) is 0 Å². The quantitative estimate of drug-likeness (QED) is 0.763. The van der Waals surface area contributed by atoms with Gasteiger partial charge in [-0.05, 0) is 47.0 Å². The minimum Gasteiger partial charge on any atom is -0.481 e. The third-order valence-electron chi connectivity index (χ3n) is 3.61. The standard InChI is InChI=1S/C15H27NO5/c1-5-20-10-6-7-15(12(17)18)8-9-16(11-15)13(19)21-14(2,3)4/h5-11H2,1-4H3,(H,17,18). The molecular formula is C15H27NO5. The molecule has 1 rings (SSSR count). The summed E-state index contributed by atoms with van der Waals surface area (Å²) < 4.78 is 10.6. The SMILES string of the molecule is CCOCCCC1(C(=O)O)CCN(C(=O)OC(C)(C)C)C1. The third kappa shape index (κ3) is 5.19. The molecule has 1 N–H and O–H groups in total. The number of rotatable bonds is 6. The van der Waals surface area contributed by atoms with E-state index in [1.54, 1.807) is 20.8 Å². The van der Waals surface area contributed by atoms with E-state index in [0.29, 0.717) is 39.0 Å². The fourth-order valence-electron chi connectivity index (χ4n) is 2.50. The van der Waals surface area contributed by atoms with E-state index in [1.165, 1.54) is 4.90 Å². The van der Waals surface area contributed by atoms with Crippen molar-refractivity contribution >= 4 is 12.1 Å². The van der Waals surface area contributed by atoms with E-state index in [0.717, 1.165) is 0 Å². The van der Waals surface area contributed by atoms with Gasteiger partial charge in [0.25, 0.3) is 0 Å². The number of ether oxygens (including phenoxy) is 2. The molecule has 0 aliphatic carbocycles. The molecule has 1 heterocycles. The molecule has 1 amide bonds. The first-order chi connectivity index (χ1) is 9.70. The summed E-state index contributed by atoms with van der Waals surface area (Å²) in [6.07, 6.45) is 1.23. The molecule has 1 saturated heterocycles. The zero-order chi connectivity index (χ0) is 16.1. The van der Waals surface area contributed by atoms with Gasteiger partial charge in [0, 0.05) is 26.3 Å². The second kappa shape index (κ2) is 7.11. The van der Waals surface area contributed by atoms with Crippen LogP contribution in [0.2, 0.25) is 0 Å². The van der Waals surface area contributed by atoms with Crippen molar-refractivity contribution in [1.29, 1.82) is 0 Å². The van der Waals surface area contributed by atoms with Crippen LogP contribution in [0.4, 0.5) is 4.79 Å². The lowest BCUT2D eigenvalue weighted by atomic mass is 9.82. The molecule has 21 heavy (non-hydrogen) atoms. The lowest BCUT2D eigenvalue weighted by molar-refractivity contribution is -0.148. The number of hydrogen-bond donors (Lipinski definition) is 1. The molecule has 6 heteroatoms. The predicted octanol–water partition coefficient (Wildman–Crippen LogP) is 2.51. The smallest absolute Gasteiger partial charge is 0.410 e. The van der Waals surface area contributed by atoms with Crippen LogP contribution >= 0.6 is 0 Å². The summed E-state index contributed by atoms with van der Waals surface area (Å²) in [5.41, 5.74) is -1.44. The zero-order valence-corrected chi connectivity index (χ0v) is 13.5. The first-order valence-corrected chi connectivity index (χ1v) is 7.49. The molecule has 0 spiro atoms. The molecule has 0 bridgehead atoms. The van der Waals surface area contributed by atoms with E-state index < -0.39 is 23.1 Å². The van der Waals surface area contributed by atoms with Gasteiger partial charge in [-0.15, -0.1) is 0 Å². The molecule has 1 atom stereocenters. The van der Waals surface area contributed by atoms with E-state index in [1.807, 2.05) is 6.92 Å². The van der Waals surface area contributed by atoms with Crippen LogP contribution in [0.25, 0.3) is 0 Å². The Morgan fingerprint density at radius 1 is 1.33 bits per heavy atom. The van der Waals surface area contributed by atoms with Crippen LogP contribution in [0.5, 0.6) is 0 Å². The normalized spacial score (nSPS) is 22.4. The van der Waals surface area contributed by atoms with Gasteiger partial charge in [-0.3, -0.25) is 4.79 Å². The van der Waals surface area contributed by atoms with E-state index in [4.69, 9.17) is 9.47 Å². The molecule has 1 aliphatic heterocycles. The van der Waals surface area contributed by atoms with Crippen LogP contribution in [0, 0.1) is 5.41 Å². The van der Waals surface area contributed by atoms with Crippen molar-refractivity contribution in [3.63, 3.8) is 0 Å². The molecule has 0 aromatic heterocycles. The number of likely N-dealkylation sites (tertiary alicyclic amines) is 1. The Morgan fingerprint density at radius 2 is 2.00 bits per heavy atom. The number of amides is 1. The number of carboxylic acid groups (broad SMARTS) is 1. The summed E-state index contributed by atoms with van der Waals surface area (Å²) >= 11 is 0. The summed E-state index contributed by atoms with van der Waals surface area (Å²) in [5.74, 6) is -0.843. The van der Waals surface area contributed by atoms with Crippen molar-refractivity contribution < 1.29 is 24.2 Å². The van der Waals surface area contributed by atoms with Crippen LogP contribution in [0.3, 0.4) is 0 Å². The minimum absolute atomic E-state index is 0.212. The van der Waals surface area contributed by atoms with E-state index in [9.17, 15) is 14.7 Å². The van der Waals surface area contributed by atoms with Crippen molar-refractivity contribution in [3.05, 3.63) is 0 Å². The zero-order valence-electron chi connectivity index (χ0n) is 13.5. The molecule has 122 valence electrons. The van der Waals surface area contributed by atoms with Gasteiger partial charge in [0.2, 0.25) is 0 Å². The third-order valence-corrected chi connectivity index (χ3v) is 3.61.